The Bertz CT molecular complexity index is 1790. The van der Waals surface area contributed by atoms with Gasteiger partial charge in [0.1, 0.15) is 23.8 Å². The van der Waals surface area contributed by atoms with Gasteiger partial charge in [0.2, 0.25) is 0 Å². The van der Waals surface area contributed by atoms with Gasteiger partial charge in [0, 0.05) is 24.2 Å². The molecule has 5 rings (SSSR count). The Morgan fingerprint density at radius 1 is 0.978 bits per heavy atom. The van der Waals surface area contributed by atoms with Crippen LogP contribution in [0.2, 0.25) is 0 Å². The summed E-state index contributed by atoms with van der Waals surface area (Å²) in [6, 6.07) is 7.35. The Hall–Kier alpha value is -4.12. The van der Waals surface area contributed by atoms with Crippen LogP contribution in [0.25, 0.3) is 28.7 Å². The maximum Gasteiger partial charge on any atom is 1.00 e. The second-order valence-corrected chi connectivity index (χ2v) is 9.91. The van der Waals surface area contributed by atoms with E-state index in [9.17, 15) is 50.5 Å². The first-order valence-corrected chi connectivity index (χ1v) is 12.9. The van der Waals surface area contributed by atoms with E-state index in [4.69, 9.17) is 0 Å². The van der Waals surface area contributed by atoms with Gasteiger partial charge in [0.15, 0.2) is 5.78 Å². The molecule has 1 aliphatic rings. The maximum atomic E-state index is 14.3. The molecule has 2 N–H and O–H groups in total. The molecule has 4 aromatic rings. The molecule has 17 heteroatoms. The third-order valence-corrected chi connectivity index (χ3v) is 6.89. The van der Waals surface area contributed by atoms with Gasteiger partial charge in [0.25, 0.3) is 0 Å². The Balaban J connectivity index is 0.00000480. The van der Waals surface area contributed by atoms with E-state index >= 15 is 0 Å². The molecule has 0 radical (unpaired) electrons. The third-order valence-electron chi connectivity index (χ3n) is 6.89. The minimum absolute atomic E-state index is 0. The number of alkyl halides is 6. The van der Waals surface area contributed by atoms with E-state index in [1.54, 1.807) is 6.07 Å². The topological polar surface area (TPSA) is 135 Å². The number of aromatic nitrogens is 4. The molecule has 2 atom stereocenters. The summed E-state index contributed by atoms with van der Waals surface area (Å²) in [4.78, 5) is 33.0. The molecule has 0 fully saturated rings. The number of aliphatic carboxylic acids is 1. The van der Waals surface area contributed by atoms with Gasteiger partial charge in [-0.25, -0.2) is 9.37 Å². The van der Waals surface area contributed by atoms with Crippen molar-refractivity contribution in [3.8, 4) is 22.6 Å². The SMILES string of the molecule is O=C([O-])CC(O)C(=O)C(c1ccc(-c2ccc(C(F)(F)F)cc2C(F)(F)F)nn1)N1C=Cc2nc(-c3ccccc3F)[nH]c2C1.[Na+]. The second-order valence-electron chi connectivity index (χ2n) is 9.91. The number of nitrogens with one attached hydrogen (secondary N) is 1. The van der Waals surface area contributed by atoms with Crippen molar-refractivity contribution in [2.45, 2.75) is 37.5 Å². The van der Waals surface area contributed by atoms with Crippen LogP contribution in [0, 0.1) is 5.82 Å². The summed E-state index contributed by atoms with van der Waals surface area (Å²) in [5.41, 5.74) is -3.62. The van der Waals surface area contributed by atoms with Gasteiger partial charge in [-0.15, -0.1) is 0 Å². The van der Waals surface area contributed by atoms with Crippen LogP contribution in [-0.2, 0) is 28.5 Å². The number of carboxylic acid groups (broad SMARTS) is 1. The standard InChI is InChI=1S/C29H20F7N5O4.Na/c30-18-4-2-1-3-16(18)27-37-20-9-10-41(13-22(20)38-27)25(26(45)23(42)12-24(43)44)21-8-7-19(39-40-21)15-6-5-14(28(31,32)33)11-17(15)29(34,35)36;/h1-11,23,25,42H,12-13H2,(H,37,38)(H,43,44);/q;+1/p-1. The van der Waals surface area contributed by atoms with E-state index in [0.29, 0.717) is 23.5 Å². The van der Waals surface area contributed by atoms with Crippen molar-refractivity contribution in [1.82, 2.24) is 25.1 Å². The minimum atomic E-state index is -5.19. The molecule has 3 heterocycles. The molecular weight excluding hydrogens is 638 g/mol. The number of carboxylic acids is 1. The Kier molecular flexibility index (Phi) is 10.1. The van der Waals surface area contributed by atoms with E-state index < -0.39 is 70.9 Å². The normalized spacial score (nSPS) is 14.3. The number of halogens is 7. The number of Topliss-reactive ketones (excluding diaryl/α,β-unsaturated/α-hetero) is 1. The number of hydrogen-bond acceptors (Lipinski definition) is 8. The van der Waals surface area contributed by atoms with Gasteiger partial charge in [-0.2, -0.15) is 36.5 Å². The van der Waals surface area contributed by atoms with Crippen LogP contribution in [0.15, 0.2) is 60.8 Å². The van der Waals surface area contributed by atoms with E-state index in [-0.39, 0.29) is 59.3 Å². The van der Waals surface area contributed by atoms with Crippen molar-refractivity contribution in [2.75, 3.05) is 0 Å². The molecule has 1 aliphatic heterocycles. The molecule has 0 aliphatic carbocycles. The van der Waals surface area contributed by atoms with Gasteiger partial charge >= 0.3 is 41.9 Å². The number of aliphatic hydroxyl groups is 1. The fourth-order valence-corrected chi connectivity index (χ4v) is 4.77. The molecule has 0 bridgehead atoms. The molecule has 9 nitrogen and oxygen atoms in total. The van der Waals surface area contributed by atoms with Crippen molar-refractivity contribution < 1.29 is 80.1 Å². The van der Waals surface area contributed by atoms with E-state index in [1.807, 2.05) is 0 Å². The molecule has 2 aromatic heterocycles. The van der Waals surface area contributed by atoms with E-state index in [2.05, 4.69) is 20.2 Å². The maximum absolute atomic E-state index is 14.3. The zero-order chi connectivity index (χ0) is 32.7. The number of fused-ring (bicyclic) bond motifs is 1. The number of aromatic amines is 1. The largest absolute Gasteiger partial charge is 1.00 e. The van der Waals surface area contributed by atoms with E-state index in [1.165, 1.54) is 35.4 Å². The first-order chi connectivity index (χ1) is 21.1. The number of hydrogen-bond donors (Lipinski definition) is 2. The minimum Gasteiger partial charge on any atom is -0.550 e. The van der Waals surface area contributed by atoms with E-state index in [0.717, 1.165) is 12.1 Å². The van der Waals surface area contributed by atoms with Crippen LogP contribution in [-0.4, -0.2) is 48.0 Å². The summed E-state index contributed by atoms with van der Waals surface area (Å²) in [6.07, 6.45) is -10.6. The van der Waals surface area contributed by atoms with Crippen molar-refractivity contribution in [2.24, 2.45) is 0 Å². The van der Waals surface area contributed by atoms with Crippen LogP contribution in [0.1, 0.15) is 40.7 Å². The van der Waals surface area contributed by atoms with Crippen molar-refractivity contribution >= 4 is 17.8 Å². The second kappa shape index (κ2) is 13.3. The average molecular weight is 657 g/mol. The molecule has 2 aromatic carbocycles. The molecule has 0 saturated carbocycles. The average Bonchev–Trinajstić information content (AvgIpc) is 3.39. The number of ketones is 1. The first-order valence-electron chi connectivity index (χ1n) is 12.9. The smallest absolute Gasteiger partial charge is 0.550 e. The molecule has 2 unspecified atom stereocenters. The molecular formula is C29H19F7N5NaO4. The summed E-state index contributed by atoms with van der Waals surface area (Å²) in [6.45, 7) is -0.123. The van der Waals surface area contributed by atoms with Gasteiger partial charge in [-0.1, -0.05) is 18.2 Å². The molecule has 46 heavy (non-hydrogen) atoms. The number of benzene rings is 2. The number of nitrogens with zero attached hydrogens (tertiary/aromatic N) is 4. The molecule has 0 saturated heterocycles. The van der Waals surface area contributed by atoms with Gasteiger partial charge in [-0.05, 0) is 42.5 Å². The van der Waals surface area contributed by atoms with Gasteiger partial charge in [-0.3, -0.25) is 4.79 Å². The van der Waals surface area contributed by atoms with Crippen LogP contribution in [0.4, 0.5) is 30.7 Å². The summed E-state index contributed by atoms with van der Waals surface area (Å²) >= 11 is 0. The van der Waals surface area contributed by atoms with Crippen LogP contribution in [0.5, 0.6) is 0 Å². The van der Waals surface area contributed by atoms with Crippen LogP contribution < -0.4 is 34.7 Å². The van der Waals surface area contributed by atoms with Crippen molar-refractivity contribution in [3.05, 3.63) is 94.8 Å². The predicted octanol–water partition coefficient (Wildman–Crippen LogP) is 1.31. The number of carbonyl (C=O) groups excluding carboxylic acids is 2. The predicted molar refractivity (Wildman–Crippen MR) is 139 cm³/mol. The number of rotatable bonds is 8. The van der Waals surface area contributed by atoms with Crippen LogP contribution in [0.3, 0.4) is 0 Å². The third kappa shape index (κ3) is 7.30. The number of H-pyrrole nitrogens is 1. The number of carbonyl (C=O) groups is 2. The Morgan fingerprint density at radius 3 is 2.30 bits per heavy atom. The first kappa shape index (κ1) is 34.7. The molecule has 234 valence electrons. The fraction of sp³-hybridized carbons (Fsp3) is 0.207. The molecule has 0 spiro atoms. The summed E-state index contributed by atoms with van der Waals surface area (Å²) in [5, 5.41) is 29.0. The Morgan fingerprint density at radius 2 is 1.70 bits per heavy atom. The molecule has 0 amide bonds. The zero-order valence-electron chi connectivity index (χ0n) is 23.5. The number of imidazole rings is 1. The monoisotopic (exact) mass is 657 g/mol. The summed E-state index contributed by atoms with van der Waals surface area (Å²) in [7, 11) is 0. The van der Waals surface area contributed by atoms with Gasteiger partial charge < -0.3 is 24.9 Å². The number of aliphatic hydroxyl groups excluding tert-OH is 1. The fourth-order valence-electron chi connectivity index (χ4n) is 4.77. The van der Waals surface area contributed by atoms with Crippen molar-refractivity contribution in [1.29, 1.82) is 0 Å². The Labute approximate surface area is 277 Å². The zero-order valence-corrected chi connectivity index (χ0v) is 25.5. The summed E-state index contributed by atoms with van der Waals surface area (Å²) in [5.74, 6) is -3.20. The summed E-state index contributed by atoms with van der Waals surface area (Å²) < 4.78 is 94.8. The van der Waals surface area contributed by atoms with Crippen molar-refractivity contribution in [3.63, 3.8) is 0 Å². The quantitative estimate of drug-likeness (QED) is 0.214. The van der Waals surface area contributed by atoms with Crippen LogP contribution >= 0.6 is 0 Å². The van der Waals surface area contributed by atoms with Gasteiger partial charge in [0.05, 0.1) is 46.0 Å².